The van der Waals surface area contributed by atoms with Crippen molar-refractivity contribution in [2.75, 3.05) is 0 Å². The summed E-state index contributed by atoms with van der Waals surface area (Å²) in [6.07, 6.45) is 3.53. The van der Waals surface area contributed by atoms with Crippen LogP contribution in [0.3, 0.4) is 0 Å². The lowest BCUT2D eigenvalue weighted by molar-refractivity contribution is 0.543. The van der Waals surface area contributed by atoms with Gasteiger partial charge < -0.3 is 5.32 Å². The maximum Gasteiger partial charge on any atom is 0.127 e. The first-order valence-electron chi connectivity index (χ1n) is 6.05. The van der Waals surface area contributed by atoms with E-state index in [1.807, 2.05) is 25.1 Å². The molecule has 0 saturated carbocycles. The van der Waals surface area contributed by atoms with Crippen molar-refractivity contribution in [3.8, 4) is 0 Å². The molecule has 3 heteroatoms. The fourth-order valence-corrected chi connectivity index (χ4v) is 1.87. The summed E-state index contributed by atoms with van der Waals surface area (Å²) in [4.78, 5) is 3.98. The normalized spacial score (nSPS) is 12.4. The van der Waals surface area contributed by atoms with Gasteiger partial charge in [-0.15, -0.1) is 0 Å². The average Bonchev–Trinajstić information content (AvgIpc) is 2.40. The molecular weight excluding hydrogens is 227 g/mol. The van der Waals surface area contributed by atoms with E-state index in [2.05, 4.69) is 17.2 Å². The molecule has 0 radical (unpaired) electrons. The van der Waals surface area contributed by atoms with E-state index in [1.54, 1.807) is 18.5 Å². The molecule has 0 amide bonds. The van der Waals surface area contributed by atoms with Crippen LogP contribution in [0.5, 0.6) is 0 Å². The molecule has 0 unspecified atom stereocenters. The summed E-state index contributed by atoms with van der Waals surface area (Å²) in [6.45, 7) is 4.55. The number of hydrogen-bond donors (Lipinski definition) is 1. The van der Waals surface area contributed by atoms with E-state index in [0.717, 1.165) is 11.1 Å². The zero-order valence-electron chi connectivity index (χ0n) is 10.7. The predicted octanol–water partition coefficient (Wildman–Crippen LogP) is 3.38. The SMILES string of the molecule is Cc1ccc(F)c(CN[C@@H](C)c2ccncc2)c1. The van der Waals surface area contributed by atoms with Gasteiger partial charge in [0.1, 0.15) is 5.82 Å². The van der Waals surface area contributed by atoms with Crippen LogP contribution in [0.2, 0.25) is 0 Å². The first-order chi connectivity index (χ1) is 8.66. The van der Waals surface area contributed by atoms with Gasteiger partial charge in [0.05, 0.1) is 0 Å². The van der Waals surface area contributed by atoms with Crippen LogP contribution in [-0.2, 0) is 6.54 Å². The molecule has 1 aromatic carbocycles. The Kier molecular flexibility index (Phi) is 4.05. The number of hydrogen-bond acceptors (Lipinski definition) is 2. The van der Waals surface area contributed by atoms with Gasteiger partial charge in [0.15, 0.2) is 0 Å². The summed E-state index contributed by atoms with van der Waals surface area (Å²) in [6, 6.07) is 9.28. The van der Waals surface area contributed by atoms with Gasteiger partial charge in [-0.2, -0.15) is 0 Å². The van der Waals surface area contributed by atoms with Gasteiger partial charge in [0.25, 0.3) is 0 Å². The summed E-state index contributed by atoms with van der Waals surface area (Å²) < 4.78 is 13.6. The first kappa shape index (κ1) is 12.7. The van der Waals surface area contributed by atoms with Crippen molar-refractivity contribution in [3.05, 3.63) is 65.2 Å². The van der Waals surface area contributed by atoms with E-state index < -0.39 is 0 Å². The van der Waals surface area contributed by atoms with Crippen molar-refractivity contribution < 1.29 is 4.39 Å². The Morgan fingerprint density at radius 2 is 1.94 bits per heavy atom. The molecule has 2 nitrogen and oxygen atoms in total. The minimum absolute atomic E-state index is 0.157. The van der Waals surface area contributed by atoms with Gasteiger partial charge in [-0.05, 0) is 37.6 Å². The highest BCUT2D eigenvalue weighted by molar-refractivity contribution is 5.24. The largest absolute Gasteiger partial charge is 0.306 e. The number of halogens is 1. The molecule has 1 atom stereocenters. The molecule has 0 aliphatic heterocycles. The number of benzene rings is 1. The van der Waals surface area contributed by atoms with Gasteiger partial charge in [-0.25, -0.2) is 4.39 Å². The van der Waals surface area contributed by atoms with Gasteiger partial charge in [0, 0.05) is 30.5 Å². The monoisotopic (exact) mass is 244 g/mol. The third kappa shape index (κ3) is 3.14. The summed E-state index contributed by atoms with van der Waals surface area (Å²) >= 11 is 0. The summed E-state index contributed by atoms with van der Waals surface area (Å²) in [5, 5.41) is 3.32. The maximum absolute atomic E-state index is 13.6. The summed E-state index contributed by atoms with van der Waals surface area (Å²) in [7, 11) is 0. The van der Waals surface area contributed by atoms with Crippen LogP contribution in [0.15, 0.2) is 42.7 Å². The number of aromatic nitrogens is 1. The van der Waals surface area contributed by atoms with Crippen LogP contribution in [0, 0.1) is 12.7 Å². The van der Waals surface area contributed by atoms with Gasteiger partial charge in [-0.1, -0.05) is 17.7 Å². The van der Waals surface area contributed by atoms with Crippen molar-refractivity contribution >= 4 is 0 Å². The van der Waals surface area contributed by atoms with Crippen molar-refractivity contribution in [2.45, 2.75) is 26.4 Å². The van der Waals surface area contributed by atoms with Crippen LogP contribution < -0.4 is 5.32 Å². The number of aryl methyl sites for hydroxylation is 1. The topological polar surface area (TPSA) is 24.9 Å². The lowest BCUT2D eigenvalue weighted by atomic mass is 10.1. The number of nitrogens with one attached hydrogen (secondary N) is 1. The third-order valence-electron chi connectivity index (χ3n) is 3.01. The number of pyridine rings is 1. The van der Waals surface area contributed by atoms with Crippen molar-refractivity contribution in [1.29, 1.82) is 0 Å². The molecule has 0 saturated heterocycles. The van der Waals surface area contributed by atoms with E-state index in [1.165, 1.54) is 6.07 Å². The molecule has 0 fully saturated rings. The van der Waals surface area contributed by atoms with Crippen LogP contribution in [0.4, 0.5) is 4.39 Å². The van der Waals surface area contributed by atoms with Crippen LogP contribution in [0.25, 0.3) is 0 Å². The first-order valence-corrected chi connectivity index (χ1v) is 6.05. The Hall–Kier alpha value is -1.74. The zero-order valence-corrected chi connectivity index (χ0v) is 10.7. The van der Waals surface area contributed by atoms with Crippen molar-refractivity contribution in [1.82, 2.24) is 10.3 Å². The third-order valence-corrected chi connectivity index (χ3v) is 3.01. The standard InChI is InChI=1S/C15H17FN2/c1-11-3-4-15(16)14(9-11)10-18-12(2)13-5-7-17-8-6-13/h3-9,12,18H,10H2,1-2H3/t12-/m0/s1. The minimum atomic E-state index is -0.157. The quantitative estimate of drug-likeness (QED) is 0.891. The Balaban J connectivity index is 2.01. The summed E-state index contributed by atoms with van der Waals surface area (Å²) in [5.74, 6) is -0.157. The molecule has 1 heterocycles. The second-order valence-electron chi connectivity index (χ2n) is 4.48. The van der Waals surface area contributed by atoms with Crippen LogP contribution >= 0.6 is 0 Å². The van der Waals surface area contributed by atoms with Crippen molar-refractivity contribution in [3.63, 3.8) is 0 Å². The second kappa shape index (κ2) is 5.74. The molecule has 2 rings (SSSR count). The highest BCUT2D eigenvalue weighted by Gasteiger charge is 2.06. The fourth-order valence-electron chi connectivity index (χ4n) is 1.87. The Morgan fingerprint density at radius 1 is 1.22 bits per heavy atom. The van der Waals surface area contributed by atoms with Gasteiger partial charge in [-0.3, -0.25) is 4.98 Å². The molecule has 1 aromatic heterocycles. The highest BCUT2D eigenvalue weighted by atomic mass is 19.1. The zero-order chi connectivity index (χ0) is 13.0. The molecule has 0 spiro atoms. The number of rotatable bonds is 4. The second-order valence-corrected chi connectivity index (χ2v) is 4.48. The van der Waals surface area contributed by atoms with E-state index >= 15 is 0 Å². The summed E-state index contributed by atoms with van der Waals surface area (Å²) in [5.41, 5.74) is 2.93. The number of nitrogens with zero attached hydrogens (tertiary/aromatic N) is 1. The average molecular weight is 244 g/mol. The maximum atomic E-state index is 13.6. The predicted molar refractivity (Wildman–Crippen MR) is 70.6 cm³/mol. The Labute approximate surface area is 107 Å². The Bertz CT molecular complexity index is 511. The molecule has 18 heavy (non-hydrogen) atoms. The molecule has 94 valence electrons. The van der Waals surface area contributed by atoms with E-state index in [9.17, 15) is 4.39 Å². The van der Waals surface area contributed by atoms with Gasteiger partial charge >= 0.3 is 0 Å². The van der Waals surface area contributed by atoms with Crippen LogP contribution in [-0.4, -0.2) is 4.98 Å². The van der Waals surface area contributed by atoms with Crippen molar-refractivity contribution in [2.24, 2.45) is 0 Å². The molecule has 1 N–H and O–H groups in total. The molecule has 0 aliphatic rings. The molecule has 0 bridgehead atoms. The smallest absolute Gasteiger partial charge is 0.127 e. The molecular formula is C15H17FN2. The lowest BCUT2D eigenvalue weighted by Crippen LogP contribution is -2.18. The van der Waals surface area contributed by atoms with E-state index in [-0.39, 0.29) is 11.9 Å². The molecule has 0 aliphatic carbocycles. The van der Waals surface area contributed by atoms with E-state index in [0.29, 0.717) is 12.1 Å². The minimum Gasteiger partial charge on any atom is -0.306 e. The lowest BCUT2D eigenvalue weighted by Gasteiger charge is -2.14. The Morgan fingerprint density at radius 3 is 2.67 bits per heavy atom. The van der Waals surface area contributed by atoms with Gasteiger partial charge in [0.2, 0.25) is 0 Å². The highest BCUT2D eigenvalue weighted by Crippen LogP contribution is 2.14. The van der Waals surface area contributed by atoms with Crippen LogP contribution in [0.1, 0.15) is 29.7 Å². The van der Waals surface area contributed by atoms with E-state index in [4.69, 9.17) is 0 Å². The fraction of sp³-hybridized carbons (Fsp3) is 0.267. The molecule has 2 aromatic rings.